The molecule has 8 bridgehead atoms. The molecule has 6 heterocycles. The van der Waals surface area contributed by atoms with E-state index in [9.17, 15) is 0 Å². The maximum atomic E-state index is 8.44. The number of hydrogen-bond acceptors (Lipinski definition) is 13. The van der Waals surface area contributed by atoms with Crippen molar-refractivity contribution in [2.45, 2.75) is 232 Å². The highest BCUT2D eigenvalue weighted by Crippen LogP contribution is 2.66. The quantitative estimate of drug-likeness (QED) is 0.193. The van der Waals surface area contributed by atoms with Crippen LogP contribution in [-0.4, -0.2) is 79.0 Å². The summed E-state index contributed by atoms with van der Waals surface area (Å²) in [6.07, 6.45) is 28.5. The Morgan fingerprint density at radius 3 is 0.656 bits per heavy atom. The molecule has 13 nitrogen and oxygen atoms in total. The molecule has 0 aromatic rings. The van der Waals surface area contributed by atoms with Crippen molar-refractivity contribution in [3.05, 3.63) is 12.3 Å². The van der Waals surface area contributed by atoms with Gasteiger partial charge in [-0.1, -0.05) is 95.6 Å². The first-order valence-electron chi connectivity index (χ1n) is 25.2. The second-order valence-electron chi connectivity index (χ2n) is 21.7. The normalized spacial score (nSPS) is 48.4. The maximum Gasteiger partial charge on any atom is 0.646 e. The van der Waals surface area contributed by atoms with Gasteiger partial charge >= 0.3 is 70.7 Å². The van der Waals surface area contributed by atoms with Crippen molar-refractivity contribution in [3.63, 3.8) is 0 Å². The summed E-state index contributed by atoms with van der Waals surface area (Å²) in [4.78, 5) is 0. The van der Waals surface area contributed by atoms with Crippen molar-refractivity contribution >= 4 is 79.0 Å². The van der Waals surface area contributed by atoms with E-state index in [1.807, 2.05) is 5.70 Å². The first-order chi connectivity index (χ1) is 29.5. The third kappa shape index (κ3) is 7.14. The SMILES string of the molecule is C=C[Si](C)(C)O[Si]12O[Si]3(C4CCCC4)O[Si]4(C5CCCC5)O[Si](C5CCCC5)(O1)O[Si]1(C5CCCC5)O[Si](C5CCCC5)(O2)O[Si](C2CCCC2)(O3)O[Si](C2CCCC2)(O4)O1. The molecule has 13 aliphatic rings. The molecule has 0 amide bonds. The molecule has 7 saturated carbocycles. The second kappa shape index (κ2) is 15.9. The highest BCUT2D eigenvalue weighted by atomic mass is 28.6. The van der Waals surface area contributed by atoms with E-state index in [1.165, 1.54) is 0 Å². The molecule has 13 fully saturated rings. The van der Waals surface area contributed by atoms with Crippen molar-refractivity contribution < 1.29 is 53.5 Å². The van der Waals surface area contributed by atoms with Crippen LogP contribution in [0.1, 0.15) is 180 Å². The van der Waals surface area contributed by atoms with Gasteiger partial charge in [-0.15, -0.1) is 6.58 Å². The van der Waals surface area contributed by atoms with E-state index in [4.69, 9.17) is 53.5 Å². The number of rotatable bonds is 10. The molecular weight excluding hydrogens is 929 g/mol. The topological polar surface area (TPSA) is 120 Å². The zero-order chi connectivity index (χ0) is 41.2. The summed E-state index contributed by atoms with van der Waals surface area (Å²) < 4.78 is 108. The van der Waals surface area contributed by atoms with Crippen LogP contribution in [0.4, 0.5) is 0 Å². The highest BCUT2D eigenvalue weighted by Gasteiger charge is 2.89. The van der Waals surface area contributed by atoms with Crippen molar-refractivity contribution in [1.82, 2.24) is 0 Å². The molecule has 0 aromatic carbocycles. The first kappa shape index (κ1) is 43.5. The second-order valence-corrected chi connectivity index (χ2v) is 51.1. The fourth-order valence-corrected chi connectivity index (χ4v) is 71.7. The Balaban J connectivity index is 1.20. The molecule has 22 heteroatoms. The maximum absolute atomic E-state index is 8.44. The lowest BCUT2D eigenvalue weighted by Crippen LogP contribution is -2.91. The predicted octanol–water partition coefficient (Wildman–Crippen LogP) is 10.8. The van der Waals surface area contributed by atoms with Crippen LogP contribution in [-0.2, 0) is 53.5 Å². The van der Waals surface area contributed by atoms with E-state index in [1.54, 1.807) is 0 Å². The zero-order valence-corrected chi connectivity index (χ0v) is 45.9. The van der Waals surface area contributed by atoms with E-state index < -0.39 is 79.0 Å². The van der Waals surface area contributed by atoms with Crippen LogP contribution in [0.25, 0.3) is 0 Å². The van der Waals surface area contributed by atoms with Crippen LogP contribution in [0.3, 0.4) is 0 Å². The van der Waals surface area contributed by atoms with Crippen LogP contribution < -0.4 is 0 Å². The highest BCUT2D eigenvalue weighted by molar-refractivity contribution is 7.05. The third-order valence-electron chi connectivity index (χ3n) is 17.2. The predicted molar refractivity (Wildman–Crippen MR) is 243 cm³/mol. The lowest BCUT2D eigenvalue weighted by Gasteiger charge is -2.66. The smallest absolute Gasteiger partial charge is 0.391 e. The minimum atomic E-state index is -4.45. The molecule has 342 valence electrons. The van der Waals surface area contributed by atoms with E-state index in [-0.39, 0.29) is 38.8 Å². The van der Waals surface area contributed by atoms with E-state index in [0.717, 1.165) is 180 Å². The summed E-state index contributed by atoms with van der Waals surface area (Å²) >= 11 is 0. The van der Waals surface area contributed by atoms with Gasteiger partial charge in [-0.3, -0.25) is 0 Å². The first-order valence-corrected chi connectivity index (χ1v) is 42.5. The average Bonchev–Trinajstić information content (AvgIpc) is 4.08. The fraction of sp³-hybridized carbons (Fsp3) is 0.949. The minimum absolute atomic E-state index is 0.0211. The van der Waals surface area contributed by atoms with Gasteiger partial charge in [0, 0.05) is 38.8 Å². The van der Waals surface area contributed by atoms with Crippen LogP contribution in [0.2, 0.25) is 51.9 Å². The molecular formula is C39H72O13Si9. The van der Waals surface area contributed by atoms with Crippen LogP contribution in [0, 0.1) is 0 Å². The van der Waals surface area contributed by atoms with E-state index >= 15 is 0 Å². The molecule has 6 saturated heterocycles. The monoisotopic (exact) mass is 1000 g/mol. The largest absolute Gasteiger partial charge is 0.646 e. The lowest BCUT2D eigenvalue weighted by molar-refractivity contribution is -0.0608. The summed E-state index contributed by atoms with van der Waals surface area (Å²) in [6.45, 7) is 8.68. The molecule has 0 N–H and O–H groups in total. The summed E-state index contributed by atoms with van der Waals surface area (Å²) in [7, 11) is -35.1. The third-order valence-corrected chi connectivity index (χ3v) is 59.3. The van der Waals surface area contributed by atoms with Gasteiger partial charge in [0.15, 0.2) is 0 Å². The zero-order valence-electron chi connectivity index (χ0n) is 36.9. The van der Waals surface area contributed by atoms with Gasteiger partial charge < -0.3 is 53.5 Å². The lowest BCUT2D eigenvalue weighted by atomic mass is 10.4. The molecule has 0 radical (unpaired) electrons. The van der Waals surface area contributed by atoms with Crippen molar-refractivity contribution in [1.29, 1.82) is 0 Å². The molecule has 6 aliphatic heterocycles. The van der Waals surface area contributed by atoms with E-state index in [0.29, 0.717) is 0 Å². The standard InChI is InChI=1S/C39H72O13Si9/c1-4-53(2,3)40-61-50-58(37-27-13-14-28-37)44-55(34-21-7-8-22-34)41-54(33-19-5-6-20-33)42-56(46-58,35-23-9-10-24-35)48-60(52-61,39-31-17-18-32-39)49-57(43-54,36-25-11-12-26-36)47-59(45-55,51-61)38-29-15-16-30-38/h4,33-39H,1,5-32H2,2-3H3. The Kier molecular flexibility index (Phi) is 11.3. The van der Waals surface area contributed by atoms with Gasteiger partial charge in [-0.25, -0.2) is 0 Å². The van der Waals surface area contributed by atoms with Crippen LogP contribution >= 0.6 is 0 Å². The van der Waals surface area contributed by atoms with Gasteiger partial charge in [0.1, 0.15) is 0 Å². The number of hydrogen-bond donors (Lipinski definition) is 0. The van der Waals surface area contributed by atoms with Crippen LogP contribution in [0.15, 0.2) is 12.3 Å². The molecule has 13 rings (SSSR count). The van der Waals surface area contributed by atoms with Crippen molar-refractivity contribution in [2.75, 3.05) is 0 Å². The van der Waals surface area contributed by atoms with Gasteiger partial charge in [0.05, 0.1) is 0 Å². The van der Waals surface area contributed by atoms with E-state index in [2.05, 4.69) is 19.7 Å². The molecule has 61 heavy (non-hydrogen) atoms. The molecule has 7 aliphatic carbocycles. The van der Waals surface area contributed by atoms with Gasteiger partial charge in [0.25, 0.3) is 0 Å². The van der Waals surface area contributed by atoms with Crippen LogP contribution in [0.5, 0.6) is 0 Å². The Morgan fingerprint density at radius 1 is 0.328 bits per heavy atom. The molecule has 0 unspecified atom stereocenters. The summed E-state index contributed by atoms with van der Waals surface area (Å²) in [5.74, 6) is 0. The van der Waals surface area contributed by atoms with Crippen molar-refractivity contribution in [3.8, 4) is 0 Å². The summed E-state index contributed by atoms with van der Waals surface area (Å²) in [6, 6.07) is 0. The Morgan fingerprint density at radius 2 is 0.492 bits per heavy atom. The Labute approximate surface area is 374 Å². The minimum Gasteiger partial charge on any atom is -0.391 e. The van der Waals surface area contributed by atoms with Gasteiger partial charge in [-0.2, -0.15) is 0 Å². The summed E-state index contributed by atoms with van der Waals surface area (Å²) in [5.41, 5.74) is 2.07. The van der Waals surface area contributed by atoms with Gasteiger partial charge in [-0.05, 0) is 103 Å². The molecule has 0 aromatic heterocycles. The molecule has 0 atom stereocenters. The average molecular weight is 1000 g/mol. The Bertz CT molecular complexity index is 1480. The fourth-order valence-electron chi connectivity index (χ4n) is 13.9. The van der Waals surface area contributed by atoms with Crippen molar-refractivity contribution in [2.24, 2.45) is 0 Å². The summed E-state index contributed by atoms with van der Waals surface area (Å²) in [5, 5.41) is 0. The Hall–Kier alpha value is 1.17. The molecule has 0 spiro atoms. The van der Waals surface area contributed by atoms with Gasteiger partial charge in [0.2, 0.25) is 8.32 Å².